The van der Waals surface area contributed by atoms with Crippen molar-refractivity contribution < 1.29 is 32.7 Å². The summed E-state index contributed by atoms with van der Waals surface area (Å²) < 4.78 is 37.9. The summed E-state index contributed by atoms with van der Waals surface area (Å²) in [5.41, 5.74) is 0.129. The van der Waals surface area contributed by atoms with Crippen molar-refractivity contribution in [3.8, 4) is 0 Å². The van der Waals surface area contributed by atoms with Crippen LogP contribution < -0.4 is 10.6 Å². The fraction of sp³-hybridized carbons (Fsp3) is 0.143. The van der Waals surface area contributed by atoms with E-state index in [0.717, 1.165) is 29.8 Å². The predicted octanol–water partition coefficient (Wildman–Crippen LogP) is 4.56. The van der Waals surface area contributed by atoms with Gasteiger partial charge in [-0.3, -0.25) is 10.1 Å². The van der Waals surface area contributed by atoms with Crippen molar-refractivity contribution >= 4 is 29.3 Å². The van der Waals surface area contributed by atoms with Gasteiger partial charge in [-0.15, -0.1) is 0 Å². The van der Waals surface area contributed by atoms with E-state index >= 15 is 0 Å². The third-order valence-corrected chi connectivity index (χ3v) is 4.40. The number of Topliss-reactive ketones (excluding diaryl/α,β-unsaturated/α-hetero) is 1. The molecule has 0 saturated heterocycles. The van der Waals surface area contributed by atoms with Gasteiger partial charge in [-0.25, -0.2) is 14.6 Å². The highest BCUT2D eigenvalue weighted by molar-refractivity contribution is 6.03. The van der Waals surface area contributed by atoms with E-state index in [0.29, 0.717) is 5.56 Å². The van der Waals surface area contributed by atoms with Crippen molar-refractivity contribution in [2.45, 2.75) is 19.5 Å². The van der Waals surface area contributed by atoms with E-state index < -0.39 is 23.7 Å². The maximum Gasteiger partial charge on any atom is 0.416 e. The maximum atomic E-state index is 12.6. The number of carbonyl (C=O) groups is 3. The number of imidazole rings is 1. The first-order valence-corrected chi connectivity index (χ1v) is 9.20. The number of ketones is 1. The van der Waals surface area contributed by atoms with Crippen molar-refractivity contribution in [3.63, 3.8) is 0 Å². The Hall–Kier alpha value is -4.15. The van der Waals surface area contributed by atoms with Gasteiger partial charge in [-0.2, -0.15) is 13.2 Å². The molecule has 0 radical (unpaired) electrons. The van der Waals surface area contributed by atoms with Crippen LogP contribution in [0.2, 0.25) is 0 Å². The van der Waals surface area contributed by atoms with E-state index in [9.17, 15) is 32.7 Å². The van der Waals surface area contributed by atoms with Crippen LogP contribution in [0.5, 0.6) is 0 Å². The first kappa shape index (κ1) is 22.5. The Morgan fingerprint density at radius 1 is 1.00 bits per heavy atom. The number of hydrogen-bond donors (Lipinski definition) is 4. The molecule has 0 bridgehead atoms. The number of nitrogens with one attached hydrogen (secondary N) is 3. The molecule has 4 N–H and O–H groups in total. The summed E-state index contributed by atoms with van der Waals surface area (Å²) in [5.74, 6) is -1.45. The molecule has 1 aromatic heterocycles. The fourth-order valence-corrected chi connectivity index (χ4v) is 2.81. The first-order valence-electron chi connectivity index (χ1n) is 9.20. The molecule has 0 fully saturated rings. The number of nitrogens with zero attached hydrogens (tertiary/aromatic N) is 1. The average Bonchev–Trinajstić information content (AvgIpc) is 3.10. The lowest BCUT2D eigenvalue weighted by Gasteiger charge is -2.09. The Bertz CT molecular complexity index is 1150. The quantitative estimate of drug-likeness (QED) is 0.413. The average molecular weight is 446 g/mol. The molecule has 0 atom stereocenters. The zero-order valence-corrected chi connectivity index (χ0v) is 16.6. The molecule has 8 nitrogen and oxygen atoms in total. The Balaban J connectivity index is 1.71. The number of alkyl halides is 3. The summed E-state index contributed by atoms with van der Waals surface area (Å²) in [7, 11) is 0. The van der Waals surface area contributed by atoms with Crippen LogP contribution in [-0.2, 0) is 12.6 Å². The minimum Gasteiger partial charge on any atom is -0.476 e. The Morgan fingerprint density at radius 2 is 1.62 bits per heavy atom. The summed E-state index contributed by atoms with van der Waals surface area (Å²) in [6, 6.07) is 9.54. The number of aromatic nitrogens is 2. The standard InChI is InChI=1S/C21H17F3N4O4/c1-11(29)13-4-2-12(3-5-13)10-16-26-17(19(30)31)18(27-16)28-20(32)25-15-8-6-14(7-9-15)21(22,23)24/h2-9H,10H2,1H3,(H,26,27)(H,30,31)(H2,25,28,32). The van der Waals surface area contributed by atoms with Crippen LogP contribution in [-0.4, -0.2) is 32.9 Å². The number of H-pyrrole nitrogens is 1. The van der Waals surface area contributed by atoms with Gasteiger partial charge in [0.05, 0.1) is 5.56 Å². The van der Waals surface area contributed by atoms with Crippen LogP contribution in [0.1, 0.15) is 44.7 Å². The van der Waals surface area contributed by atoms with Gasteiger partial charge < -0.3 is 15.4 Å². The number of halogens is 3. The second kappa shape index (κ2) is 8.92. The third-order valence-electron chi connectivity index (χ3n) is 4.40. The van der Waals surface area contributed by atoms with Crippen molar-refractivity contribution in [2.24, 2.45) is 0 Å². The smallest absolute Gasteiger partial charge is 0.416 e. The number of carboxylic acids is 1. The number of aromatic amines is 1. The van der Waals surface area contributed by atoms with Crippen molar-refractivity contribution in [2.75, 3.05) is 10.6 Å². The zero-order chi connectivity index (χ0) is 23.5. The molecule has 0 aliphatic carbocycles. The number of hydrogen-bond acceptors (Lipinski definition) is 4. The Morgan fingerprint density at radius 3 is 2.16 bits per heavy atom. The van der Waals surface area contributed by atoms with Gasteiger partial charge in [0, 0.05) is 17.7 Å². The second-order valence-corrected chi connectivity index (χ2v) is 6.80. The number of carboxylic acid groups (broad SMARTS) is 1. The van der Waals surface area contributed by atoms with Gasteiger partial charge in [0.2, 0.25) is 0 Å². The van der Waals surface area contributed by atoms with Crippen molar-refractivity contribution in [1.82, 2.24) is 9.97 Å². The zero-order valence-electron chi connectivity index (χ0n) is 16.6. The first-order chi connectivity index (χ1) is 15.0. The van der Waals surface area contributed by atoms with E-state index in [1.165, 1.54) is 6.92 Å². The fourth-order valence-electron chi connectivity index (χ4n) is 2.81. The van der Waals surface area contributed by atoms with Crippen LogP contribution in [0.4, 0.5) is 29.5 Å². The molecule has 3 rings (SSSR count). The molecule has 166 valence electrons. The topological polar surface area (TPSA) is 124 Å². The third kappa shape index (κ3) is 5.50. The van der Waals surface area contributed by atoms with Crippen LogP contribution in [0.3, 0.4) is 0 Å². The number of urea groups is 1. The van der Waals surface area contributed by atoms with Gasteiger partial charge in [0.1, 0.15) is 5.82 Å². The lowest BCUT2D eigenvalue weighted by Crippen LogP contribution is -2.21. The van der Waals surface area contributed by atoms with E-state index in [4.69, 9.17) is 0 Å². The highest BCUT2D eigenvalue weighted by Crippen LogP contribution is 2.29. The molecule has 0 aliphatic heterocycles. The summed E-state index contributed by atoms with van der Waals surface area (Å²) in [4.78, 5) is 41.7. The van der Waals surface area contributed by atoms with Gasteiger partial charge in [0.25, 0.3) is 0 Å². The molecule has 11 heteroatoms. The number of amides is 2. The highest BCUT2D eigenvalue weighted by atomic mass is 19.4. The maximum absolute atomic E-state index is 12.6. The monoisotopic (exact) mass is 446 g/mol. The highest BCUT2D eigenvalue weighted by Gasteiger charge is 2.30. The Labute approximate surface area is 179 Å². The molecule has 3 aromatic rings. The lowest BCUT2D eigenvalue weighted by molar-refractivity contribution is -0.137. The van der Waals surface area contributed by atoms with Crippen LogP contribution in [0, 0.1) is 0 Å². The molecule has 0 aliphatic rings. The molecule has 2 amide bonds. The summed E-state index contributed by atoms with van der Waals surface area (Å²) in [5, 5.41) is 14.0. The molecule has 2 aromatic carbocycles. The van der Waals surface area contributed by atoms with E-state index in [2.05, 4.69) is 20.6 Å². The molecule has 0 unspecified atom stereocenters. The molecule has 0 saturated carbocycles. The van der Waals surface area contributed by atoms with E-state index in [-0.39, 0.29) is 35.2 Å². The predicted molar refractivity (Wildman–Crippen MR) is 109 cm³/mol. The molecule has 32 heavy (non-hydrogen) atoms. The van der Waals surface area contributed by atoms with Crippen LogP contribution >= 0.6 is 0 Å². The van der Waals surface area contributed by atoms with Crippen LogP contribution in [0.15, 0.2) is 48.5 Å². The van der Waals surface area contributed by atoms with Crippen LogP contribution in [0.25, 0.3) is 0 Å². The summed E-state index contributed by atoms with van der Waals surface area (Å²) >= 11 is 0. The molecular formula is C21H17F3N4O4. The normalized spacial score (nSPS) is 11.1. The lowest BCUT2D eigenvalue weighted by atomic mass is 10.1. The van der Waals surface area contributed by atoms with Gasteiger partial charge in [0.15, 0.2) is 17.3 Å². The number of benzene rings is 2. The number of rotatable bonds is 6. The van der Waals surface area contributed by atoms with E-state index in [1.54, 1.807) is 24.3 Å². The minimum absolute atomic E-state index is 0.0775. The van der Waals surface area contributed by atoms with Gasteiger partial charge >= 0.3 is 18.2 Å². The molecule has 0 spiro atoms. The second-order valence-electron chi connectivity index (χ2n) is 6.80. The molecule has 1 heterocycles. The van der Waals surface area contributed by atoms with Gasteiger partial charge in [-0.1, -0.05) is 24.3 Å². The summed E-state index contributed by atoms with van der Waals surface area (Å²) in [6.07, 6.45) is -4.30. The van der Waals surface area contributed by atoms with Gasteiger partial charge in [-0.05, 0) is 36.8 Å². The Kier molecular flexibility index (Phi) is 6.28. The number of anilines is 2. The number of aromatic carboxylic acids is 1. The largest absolute Gasteiger partial charge is 0.476 e. The van der Waals surface area contributed by atoms with Crippen molar-refractivity contribution in [1.29, 1.82) is 0 Å². The minimum atomic E-state index is -4.50. The van der Waals surface area contributed by atoms with Crippen molar-refractivity contribution in [3.05, 3.63) is 76.7 Å². The molecular weight excluding hydrogens is 429 g/mol. The SMILES string of the molecule is CC(=O)c1ccc(Cc2nc(NC(=O)Nc3ccc(C(F)(F)F)cc3)c(C(=O)O)[nH]2)cc1. The number of carbonyl (C=O) groups excluding carboxylic acids is 2. The van der Waals surface area contributed by atoms with E-state index in [1.807, 2.05) is 0 Å². The summed E-state index contributed by atoms with van der Waals surface area (Å²) in [6.45, 7) is 1.44.